The van der Waals surface area contributed by atoms with Crippen molar-refractivity contribution in [3.8, 4) is 0 Å². The van der Waals surface area contributed by atoms with Crippen LogP contribution in [0.15, 0.2) is 22.9 Å². The number of amides is 1. The molecule has 6 heteroatoms. The van der Waals surface area contributed by atoms with Gasteiger partial charge in [-0.15, -0.1) is 0 Å². The van der Waals surface area contributed by atoms with Gasteiger partial charge in [0.05, 0.1) is 11.0 Å². The van der Waals surface area contributed by atoms with E-state index in [2.05, 4.69) is 26.2 Å². The van der Waals surface area contributed by atoms with E-state index < -0.39 is 11.4 Å². The van der Waals surface area contributed by atoms with Crippen molar-refractivity contribution in [3.63, 3.8) is 0 Å². The molecule has 0 aliphatic heterocycles. The highest BCUT2D eigenvalue weighted by molar-refractivity contribution is 9.10. The molecule has 0 atom stereocenters. The molecule has 0 saturated heterocycles. The number of nitrogens with one attached hydrogen (secondary N) is 1. The molecule has 1 aliphatic carbocycles. The zero-order valence-corrected chi connectivity index (χ0v) is 13.4. The van der Waals surface area contributed by atoms with Crippen LogP contribution in [0.1, 0.15) is 48.9 Å². The van der Waals surface area contributed by atoms with E-state index in [1.165, 1.54) is 6.20 Å². The van der Waals surface area contributed by atoms with Crippen molar-refractivity contribution in [2.24, 2.45) is 5.41 Å². The molecule has 114 valence electrons. The quantitative estimate of drug-likeness (QED) is 0.814. The summed E-state index contributed by atoms with van der Waals surface area (Å²) < 4.78 is 0.720. The summed E-state index contributed by atoms with van der Waals surface area (Å²) in [6.07, 6.45) is 8.26. The number of halogens is 1. The molecule has 1 saturated carbocycles. The van der Waals surface area contributed by atoms with Crippen molar-refractivity contribution in [2.45, 2.75) is 38.5 Å². The van der Waals surface area contributed by atoms with Gasteiger partial charge in [-0.25, -0.2) is 0 Å². The van der Waals surface area contributed by atoms with Gasteiger partial charge in [0.15, 0.2) is 0 Å². The minimum Gasteiger partial charge on any atom is -0.481 e. The number of carbonyl (C=O) groups is 2. The predicted octanol–water partition coefficient (Wildman–Crippen LogP) is 3.00. The lowest BCUT2D eigenvalue weighted by molar-refractivity contribution is -0.149. The van der Waals surface area contributed by atoms with E-state index in [0.717, 1.165) is 30.2 Å². The van der Waals surface area contributed by atoms with E-state index in [4.69, 9.17) is 0 Å². The van der Waals surface area contributed by atoms with Gasteiger partial charge in [-0.1, -0.05) is 25.7 Å². The van der Waals surface area contributed by atoms with Gasteiger partial charge >= 0.3 is 5.97 Å². The van der Waals surface area contributed by atoms with Gasteiger partial charge in [0, 0.05) is 23.4 Å². The summed E-state index contributed by atoms with van der Waals surface area (Å²) in [5.41, 5.74) is -0.399. The van der Waals surface area contributed by atoms with Crippen LogP contribution in [0.3, 0.4) is 0 Å². The normalized spacial score (nSPS) is 17.8. The van der Waals surface area contributed by atoms with Crippen molar-refractivity contribution >= 4 is 27.8 Å². The second-order valence-corrected chi connectivity index (χ2v) is 6.49. The lowest BCUT2D eigenvalue weighted by atomic mass is 9.80. The number of hydrogen-bond donors (Lipinski definition) is 2. The average Bonchev–Trinajstić information content (AvgIpc) is 2.71. The van der Waals surface area contributed by atoms with Gasteiger partial charge < -0.3 is 10.4 Å². The smallest absolute Gasteiger partial charge is 0.311 e. The second kappa shape index (κ2) is 7.02. The fourth-order valence-electron chi connectivity index (χ4n) is 2.76. The Morgan fingerprint density at radius 2 is 1.90 bits per heavy atom. The third kappa shape index (κ3) is 4.03. The highest BCUT2D eigenvalue weighted by Crippen LogP contribution is 2.34. The largest absolute Gasteiger partial charge is 0.481 e. The maximum absolute atomic E-state index is 12.1. The number of nitrogens with zero attached hydrogens (tertiary/aromatic N) is 1. The Bertz CT molecular complexity index is 525. The van der Waals surface area contributed by atoms with Crippen molar-refractivity contribution in [1.29, 1.82) is 0 Å². The van der Waals surface area contributed by atoms with Gasteiger partial charge in [0.1, 0.15) is 0 Å². The maximum atomic E-state index is 12.1. The fraction of sp³-hybridized carbons (Fsp3) is 0.533. The van der Waals surface area contributed by atoms with Gasteiger partial charge in [-0.3, -0.25) is 14.6 Å². The molecular weight excluding hydrogens is 336 g/mol. The summed E-state index contributed by atoms with van der Waals surface area (Å²) >= 11 is 3.27. The fourth-order valence-corrected chi connectivity index (χ4v) is 3.12. The molecule has 1 amide bonds. The molecule has 1 heterocycles. The summed E-state index contributed by atoms with van der Waals surface area (Å²) in [6, 6.07) is 1.67. The molecule has 0 bridgehead atoms. The number of aliphatic carboxylic acids is 1. The van der Waals surface area contributed by atoms with Gasteiger partial charge in [-0.05, 0) is 34.8 Å². The Balaban J connectivity index is 2.04. The first kappa shape index (κ1) is 15.9. The molecule has 0 radical (unpaired) electrons. The lowest BCUT2D eigenvalue weighted by Crippen LogP contribution is -2.42. The molecule has 0 unspecified atom stereocenters. The third-order valence-electron chi connectivity index (χ3n) is 4.07. The third-order valence-corrected chi connectivity index (χ3v) is 4.50. The minimum absolute atomic E-state index is 0.174. The van der Waals surface area contributed by atoms with Crippen LogP contribution < -0.4 is 5.32 Å². The Hall–Kier alpha value is -1.43. The van der Waals surface area contributed by atoms with Gasteiger partial charge in [0.25, 0.3) is 5.91 Å². The molecule has 2 N–H and O–H groups in total. The van der Waals surface area contributed by atoms with E-state index in [1.54, 1.807) is 12.3 Å². The Morgan fingerprint density at radius 1 is 1.24 bits per heavy atom. The highest BCUT2D eigenvalue weighted by Gasteiger charge is 2.38. The Labute approximate surface area is 132 Å². The number of carboxylic acids is 1. The molecule has 21 heavy (non-hydrogen) atoms. The standard InChI is InChI=1S/C15H19BrN2O3/c16-12-7-11(8-17-9-12)13(19)18-10-15(14(20)21)5-3-1-2-4-6-15/h7-9H,1-6,10H2,(H,18,19)(H,20,21). The maximum Gasteiger partial charge on any atom is 0.311 e. The summed E-state index contributed by atoms with van der Waals surface area (Å²) in [5, 5.41) is 12.3. The van der Waals surface area contributed by atoms with E-state index in [9.17, 15) is 14.7 Å². The molecule has 2 rings (SSSR count). The number of aromatic nitrogens is 1. The molecule has 5 nitrogen and oxygen atoms in total. The zero-order chi connectivity index (χ0) is 15.3. The first-order chi connectivity index (χ1) is 10.0. The number of pyridine rings is 1. The molecule has 1 aromatic heterocycles. The topological polar surface area (TPSA) is 79.3 Å². The number of carboxylic acid groups (broad SMARTS) is 1. The van der Waals surface area contributed by atoms with E-state index >= 15 is 0 Å². The van der Waals surface area contributed by atoms with Crippen molar-refractivity contribution in [2.75, 3.05) is 6.54 Å². The molecule has 1 fully saturated rings. The number of carbonyl (C=O) groups excluding carboxylic acids is 1. The lowest BCUT2D eigenvalue weighted by Gasteiger charge is -2.28. The van der Waals surface area contributed by atoms with Crippen molar-refractivity contribution in [1.82, 2.24) is 10.3 Å². The predicted molar refractivity (Wildman–Crippen MR) is 82.0 cm³/mol. The van der Waals surface area contributed by atoms with E-state index in [-0.39, 0.29) is 12.5 Å². The summed E-state index contributed by atoms with van der Waals surface area (Å²) in [5.74, 6) is -1.09. The monoisotopic (exact) mass is 354 g/mol. The van der Waals surface area contributed by atoms with Gasteiger partial charge in [0.2, 0.25) is 0 Å². The van der Waals surface area contributed by atoms with Gasteiger partial charge in [-0.2, -0.15) is 0 Å². The van der Waals surface area contributed by atoms with Crippen LogP contribution in [0, 0.1) is 5.41 Å². The summed E-state index contributed by atoms with van der Waals surface area (Å²) in [4.78, 5) is 27.7. The minimum atomic E-state index is -0.828. The number of rotatable bonds is 4. The Morgan fingerprint density at radius 3 is 2.48 bits per heavy atom. The zero-order valence-electron chi connectivity index (χ0n) is 11.8. The molecule has 1 aliphatic rings. The van der Waals surface area contributed by atoms with Crippen molar-refractivity contribution < 1.29 is 14.7 Å². The van der Waals surface area contributed by atoms with Crippen LogP contribution in [-0.4, -0.2) is 28.5 Å². The molecule has 0 spiro atoms. The first-order valence-corrected chi connectivity index (χ1v) is 7.95. The van der Waals surface area contributed by atoms with Crippen LogP contribution in [-0.2, 0) is 4.79 Å². The molecular formula is C15H19BrN2O3. The Kier molecular flexibility index (Phi) is 5.33. The number of hydrogen-bond acceptors (Lipinski definition) is 3. The van der Waals surface area contributed by atoms with Crippen LogP contribution in [0.4, 0.5) is 0 Å². The van der Waals surface area contributed by atoms with Crippen LogP contribution in [0.5, 0.6) is 0 Å². The van der Waals surface area contributed by atoms with E-state index in [0.29, 0.717) is 18.4 Å². The van der Waals surface area contributed by atoms with Crippen LogP contribution >= 0.6 is 15.9 Å². The average molecular weight is 355 g/mol. The highest BCUT2D eigenvalue weighted by atomic mass is 79.9. The van der Waals surface area contributed by atoms with Crippen molar-refractivity contribution in [3.05, 3.63) is 28.5 Å². The summed E-state index contributed by atoms with van der Waals surface area (Å²) in [6.45, 7) is 0.174. The summed E-state index contributed by atoms with van der Waals surface area (Å²) in [7, 11) is 0. The van der Waals surface area contributed by atoms with Crippen LogP contribution in [0.2, 0.25) is 0 Å². The second-order valence-electron chi connectivity index (χ2n) is 5.57. The molecule has 1 aromatic rings. The first-order valence-electron chi connectivity index (χ1n) is 7.16. The molecule has 0 aromatic carbocycles. The van der Waals surface area contributed by atoms with Crippen LogP contribution in [0.25, 0.3) is 0 Å². The van der Waals surface area contributed by atoms with E-state index in [1.807, 2.05) is 0 Å². The SMILES string of the molecule is O=C(NCC1(C(=O)O)CCCCCC1)c1cncc(Br)c1.